The molecule has 7 nitrogen and oxygen atoms in total. The van der Waals surface area contributed by atoms with Crippen LogP contribution in [-0.2, 0) is 17.9 Å². The molecule has 2 N–H and O–H groups in total. The van der Waals surface area contributed by atoms with Crippen molar-refractivity contribution in [3.8, 4) is 0 Å². The molecule has 0 saturated carbocycles. The molecule has 32 heavy (non-hydrogen) atoms. The summed E-state index contributed by atoms with van der Waals surface area (Å²) >= 11 is 1.26. The number of nitrogens with zero attached hydrogens (tertiary/aromatic N) is 3. The van der Waals surface area contributed by atoms with Gasteiger partial charge in [-0.3, -0.25) is 9.59 Å². The maximum absolute atomic E-state index is 13.0. The normalized spacial score (nSPS) is 11.6. The summed E-state index contributed by atoms with van der Waals surface area (Å²) in [6.45, 7) is 6.24. The number of amides is 2. The molecule has 0 radical (unpaired) electrons. The number of rotatable bonds is 10. The zero-order valence-electron chi connectivity index (χ0n) is 17.6. The number of hydrogen-bond acceptors (Lipinski definition) is 5. The third-order valence-electron chi connectivity index (χ3n) is 4.63. The topological polar surface area (TPSA) is 88.9 Å². The third-order valence-corrected chi connectivity index (χ3v) is 5.59. The van der Waals surface area contributed by atoms with Gasteiger partial charge in [0.05, 0.1) is 18.3 Å². The van der Waals surface area contributed by atoms with E-state index in [1.807, 2.05) is 37.3 Å². The molecule has 0 aliphatic carbocycles. The number of thioether (sulfide) groups is 1. The van der Waals surface area contributed by atoms with Gasteiger partial charge in [0.15, 0.2) is 11.0 Å². The van der Waals surface area contributed by atoms with Crippen LogP contribution in [0.25, 0.3) is 0 Å². The number of allylic oxidation sites excluding steroid dienone is 1. The molecule has 166 valence electrons. The van der Waals surface area contributed by atoms with Gasteiger partial charge in [-0.15, -0.1) is 16.8 Å². The Kier molecular flexibility index (Phi) is 8.15. The molecule has 1 atom stereocenters. The van der Waals surface area contributed by atoms with Crippen LogP contribution < -0.4 is 10.6 Å². The Morgan fingerprint density at radius 1 is 1.16 bits per heavy atom. The number of hydrogen-bond donors (Lipinski definition) is 2. The minimum atomic E-state index is -0.406. The summed E-state index contributed by atoms with van der Waals surface area (Å²) < 4.78 is 14.8. The summed E-state index contributed by atoms with van der Waals surface area (Å²) in [5.41, 5.74) is 1.37. The Balaban J connectivity index is 1.57. The fraction of sp³-hybridized carbons (Fsp3) is 0.217. The summed E-state index contributed by atoms with van der Waals surface area (Å²) in [5, 5.41) is 14.6. The predicted molar refractivity (Wildman–Crippen MR) is 122 cm³/mol. The van der Waals surface area contributed by atoms with Crippen LogP contribution in [0.5, 0.6) is 0 Å². The van der Waals surface area contributed by atoms with Gasteiger partial charge in [-0.25, -0.2) is 4.39 Å². The van der Waals surface area contributed by atoms with Gasteiger partial charge in [0.1, 0.15) is 5.82 Å². The molecule has 1 unspecified atom stereocenters. The highest BCUT2D eigenvalue weighted by atomic mass is 32.2. The van der Waals surface area contributed by atoms with E-state index in [2.05, 4.69) is 27.4 Å². The lowest BCUT2D eigenvalue weighted by molar-refractivity contribution is -0.119. The number of carbonyl (C=O) groups is 2. The number of carbonyl (C=O) groups excluding carboxylic acids is 2. The highest BCUT2D eigenvalue weighted by Gasteiger charge is 2.16. The summed E-state index contributed by atoms with van der Waals surface area (Å²) in [6, 6.07) is 14.9. The SMILES string of the molecule is C=CCn1c(CNC(=O)c2ccc(F)cc2)nnc1SCC(=O)NC(C)c1ccccc1. The van der Waals surface area contributed by atoms with Gasteiger partial charge in [0.25, 0.3) is 5.91 Å². The lowest BCUT2D eigenvalue weighted by Crippen LogP contribution is -2.28. The molecule has 1 heterocycles. The highest BCUT2D eigenvalue weighted by Crippen LogP contribution is 2.18. The van der Waals surface area contributed by atoms with Gasteiger partial charge in [-0.05, 0) is 36.8 Å². The second-order valence-electron chi connectivity index (χ2n) is 6.98. The second kappa shape index (κ2) is 11.2. The molecule has 1 aromatic heterocycles. The first-order chi connectivity index (χ1) is 15.5. The van der Waals surface area contributed by atoms with E-state index in [0.717, 1.165) is 5.56 Å². The summed E-state index contributed by atoms with van der Waals surface area (Å²) in [4.78, 5) is 24.6. The fourth-order valence-corrected chi connectivity index (χ4v) is 3.75. The van der Waals surface area contributed by atoms with E-state index in [1.54, 1.807) is 10.6 Å². The van der Waals surface area contributed by atoms with Crippen molar-refractivity contribution < 1.29 is 14.0 Å². The monoisotopic (exact) mass is 453 g/mol. The van der Waals surface area contributed by atoms with E-state index < -0.39 is 5.82 Å². The molecule has 0 bridgehead atoms. The zero-order chi connectivity index (χ0) is 22.9. The second-order valence-corrected chi connectivity index (χ2v) is 7.92. The van der Waals surface area contributed by atoms with Gasteiger partial charge in [-0.1, -0.05) is 48.2 Å². The molecule has 0 aliphatic heterocycles. The van der Waals surface area contributed by atoms with Crippen LogP contribution in [-0.4, -0.2) is 32.3 Å². The van der Waals surface area contributed by atoms with Crippen molar-refractivity contribution in [3.63, 3.8) is 0 Å². The van der Waals surface area contributed by atoms with Crippen LogP contribution in [0.3, 0.4) is 0 Å². The molecule has 0 spiro atoms. The minimum absolute atomic E-state index is 0.104. The van der Waals surface area contributed by atoms with E-state index >= 15 is 0 Å². The molecule has 9 heteroatoms. The van der Waals surface area contributed by atoms with E-state index in [1.165, 1.54) is 36.0 Å². The standard InChI is InChI=1S/C23H24FN5O2S/c1-3-13-29-20(14-25-22(31)18-9-11-19(24)12-10-18)27-28-23(29)32-15-21(30)26-16(2)17-7-5-4-6-8-17/h3-12,16H,1,13-15H2,2H3,(H,25,31)(H,26,30). The van der Waals surface area contributed by atoms with Crippen LogP contribution in [0.1, 0.15) is 34.7 Å². The average Bonchev–Trinajstić information content (AvgIpc) is 3.19. The largest absolute Gasteiger partial charge is 0.349 e. The van der Waals surface area contributed by atoms with Crippen LogP contribution >= 0.6 is 11.8 Å². The molecular weight excluding hydrogens is 429 g/mol. The van der Waals surface area contributed by atoms with Crippen molar-refractivity contribution in [2.75, 3.05) is 5.75 Å². The molecule has 0 fully saturated rings. The van der Waals surface area contributed by atoms with E-state index in [0.29, 0.717) is 23.1 Å². The number of halogens is 1. The molecule has 0 saturated heterocycles. The van der Waals surface area contributed by atoms with Crippen molar-refractivity contribution >= 4 is 23.6 Å². The summed E-state index contributed by atoms with van der Waals surface area (Å²) in [6.07, 6.45) is 1.69. The molecule has 2 amide bonds. The zero-order valence-corrected chi connectivity index (χ0v) is 18.4. The Labute approximate surface area is 190 Å². The van der Waals surface area contributed by atoms with E-state index in [-0.39, 0.29) is 30.2 Å². The van der Waals surface area contributed by atoms with Crippen LogP contribution in [0.15, 0.2) is 72.4 Å². The fourth-order valence-electron chi connectivity index (χ4n) is 2.97. The Hall–Kier alpha value is -3.46. The van der Waals surface area contributed by atoms with Gasteiger partial charge in [0.2, 0.25) is 5.91 Å². The lowest BCUT2D eigenvalue weighted by Gasteiger charge is -2.14. The number of nitrogens with one attached hydrogen (secondary N) is 2. The third kappa shape index (κ3) is 6.27. The molecule has 0 aliphatic rings. The summed E-state index contributed by atoms with van der Waals surface area (Å²) in [5.74, 6) is -0.168. The molecular formula is C23H24FN5O2S. The summed E-state index contributed by atoms with van der Waals surface area (Å²) in [7, 11) is 0. The van der Waals surface area contributed by atoms with Crippen molar-refractivity contribution in [1.82, 2.24) is 25.4 Å². The number of benzene rings is 2. The molecule has 3 rings (SSSR count). The van der Waals surface area contributed by atoms with Crippen molar-refractivity contribution in [2.45, 2.75) is 31.2 Å². The van der Waals surface area contributed by atoms with Crippen LogP contribution in [0, 0.1) is 5.82 Å². The Bertz CT molecular complexity index is 1070. The minimum Gasteiger partial charge on any atom is -0.349 e. The van der Waals surface area contributed by atoms with Gasteiger partial charge in [0, 0.05) is 12.1 Å². The predicted octanol–water partition coefficient (Wildman–Crippen LogP) is 3.50. The lowest BCUT2D eigenvalue weighted by atomic mass is 10.1. The van der Waals surface area contributed by atoms with Crippen molar-refractivity contribution in [1.29, 1.82) is 0 Å². The van der Waals surface area contributed by atoms with Crippen LogP contribution in [0.4, 0.5) is 4.39 Å². The van der Waals surface area contributed by atoms with Crippen LogP contribution in [0.2, 0.25) is 0 Å². The first-order valence-electron chi connectivity index (χ1n) is 10.0. The Morgan fingerprint density at radius 3 is 2.56 bits per heavy atom. The van der Waals surface area contributed by atoms with Gasteiger partial charge < -0.3 is 15.2 Å². The smallest absolute Gasteiger partial charge is 0.251 e. The van der Waals surface area contributed by atoms with Crippen molar-refractivity contribution in [2.24, 2.45) is 0 Å². The van der Waals surface area contributed by atoms with Crippen molar-refractivity contribution in [3.05, 3.63) is 90.0 Å². The highest BCUT2D eigenvalue weighted by molar-refractivity contribution is 7.99. The molecule has 3 aromatic rings. The van der Waals surface area contributed by atoms with Gasteiger partial charge in [-0.2, -0.15) is 0 Å². The Morgan fingerprint density at radius 2 is 1.88 bits per heavy atom. The van der Waals surface area contributed by atoms with Gasteiger partial charge >= 0.3 is 0 Å². The van der Waals surface area contributed by atoms with E-state index in [9.17, 15) is 14.0 Å². The maximum atomic E-state index is 13.0. The maximum Gasteiger partial charge on any atom is 0.251 e. The first kappa shape index (κ1) is 23.2. The van der Waals surface area contributed by atoms with E-state index in [4.69, 9.17) is 0 Å². The average molecular weight is 454 g/mol. The first-order valence-corrected chi connectivity index (χ1v) is 11.0. The molecule has 2 aromatic carbocycles. The quantitative estimate of drug-likeness (QED) is 0.362. The number of aromatic nitrogens is 3.